The van der Waals surface area contributed by atoms with Gasteiger partial charge in [-0.25, -0.2) is 0 Å². The van der Waals surface area contributed by atoms with Crippen LogP contribution in [0.5, 0.6) is 0 Å². The summed E-state index contributed by atoms with van der Waals surface area (Å²) in [5, 5.41) is 4.62. The zero-order valence-electron chi connectivity index (χ0n) is 33.2. The summed E-state index contributed by atoms with van der Waals surface area (Å²) in [4.78, 5) is 2.47. The van der Waals surface area contributed by atoms with Crippen LogP contribution < -0.4 is 4.90 Å². The molecule has 0 radical (unpaired) electrons. The predicted octanol–water partition coefficient (Wildman–Crippen LogP) is 15.9. The van der Waals surface area contributed by atoms with Crippen molar-refractivity contribution in [2.75, 3.05) is 4.90 Å². The zero-order chi connectivity index (χ0) is 40.1. The highest BCUT2D eigenvalue weighted by molar-refractivity contribution is 6.22. The lowest BCUT2D eigenvalue weighted by Gasteiger charge is -2.32. The van der Waals surface area contributed by atoms with Crippen molar-refractivity contribution in [3.05, 3.63) is 247 Å². The van der Waals surface area contributed by atoms with Crippen molar-refractivity contribution in [3.63, 3.8) is 0 Å². The first-order valence-corrected chi connectivity index (χ1v) is 21.1. The van der Waals surface area contributed by atoms with Crippen molar-refractivity contribution in [1.29, 1.82) is 0 Å². The molecule has 0 saturated carbocycles. The first kappa shape index (κ1) is 34.0. The minimum Gasteiger partial charge on any atom is -0.456 e. The Kier molecular flexibility index (Phi) is 7.26. The lowest BCUT2D eigenvalue weighted by molar-refractivity contribution is 0.669. The van der Waals surface area contributed by atoms with Crippen molar-refractivity contribution in [2.45, 2.75) is 5.41 Å². The second-order valence-corrected chi connectivity index (χ2v) is 16.3. The lowest BCUT2D eigenvalue weighted by Crippen LogP contribution is -2.26. The maximum absolute atomic E-state index is 6.77. The molecule has 1 aromatic heterocycles. The number of anilines is 3. The van der Waals surface area contributed by atoms with E-state index in [9.17, 15) is 0 Å². The Labute approximate surface area is 354 Å². The fourth-order valence-corrected chi connectivity index (χ4v) is 10.8. The molecule has 61 heavy (non-hydrogen) atoms. The van der Waals surface area contributed by atoms with Crippen molar-refractivity contribution in [1.82, 2.24) is 0 Å². The Morgan fingerprint density at radius 3 is 1.57 bits per heavy atom. The molecule has 0 amide bonds. The minimum absolute atomic E-state index is 0.446. The summed E-state index contributed by atoms with van der Waals surface area (Å²) < 4.78 is 6.77. The summed E-state index contributed by atoms with van der Waals surface area (Å²) in [5.41, 5.74) is 19.8. The number of hydrogen-bond acceptors (Lipinski definition) is 2. The SMILES string of the molecule is c1ccc(-c2ccc(N(c3ccc4oc5cc(-c6ccccc6)c6ccccc6c5c4c3)c3cccc4c3-c3ccccc3C43c4ccccc4-c4ccccc43)cc2)cc1. The van der Waals surface area contributed by atoms with E-state index in [0.29, 0.717) is 0 Å². The van der Waals surface area contributed by atoms with Gasteiger partial charge in [0.15, 0.2) is 0 Å². The molecule has 0 fully saturated rings. The molecule has 284 valence electrons. The smallest absolute Gasteiger partial charge is 0.136 e. The molecular weight excluding hydrogens is 739 g/mol. The standard InChI is InChI=1S/C59H37NO/c1-3-16-38(17-4-1)39-30-32-41(33-31-39)60(42-34-35-55-49(36-42)57-46-23-8-7-20-43(46)48(37-56(57)61-55)40-18-5-2-6-19-40)54-29-15-28-53-58(54)47-24-11-14-27-52(47)59(53)50-25-12-9-21-44(50)45-22-10-13-26-51(45)59/h1-37H. The Morgan fingerprint density at radius 2 is 0.869 bits per heavy atom. The van der Waals surface area contributed by atoms with E-state index in [4.69, 9.17) is 4.42 Å². The van der Waals surface area contributed by atoms with Gasteiger partial charge in [-0.15, -0.1) is 0 Å². The fraction of sp³-hybridized carbons (Fsp3) is 0.0169. The predicted molar refractivity (Wildman–Crippen MR) is 253 cm³/mol. The molecule has 2 aliphatic carbocycles. The van der Waals surface area contributed by atoms with Gasteiger partial charge in [0, 0.05) is 27.7 Å². The van der Waals surface area contributed by atoms with Gasteiger partial charge in [-0.05, 0) is 114 Å². The third kappa shape index (κ3) is 4.79. The molecule has 2 heteroatoms. The van der Waals surface area contributed by atoms with Crippen LogP contribution in [0.2, 0.25) is 0 Å². The monoisotopic (exact) mass is 775 g/mol. The highest BCUT2D eigenvalue weighted by atomic mass is 16.3. The average Bonchev–Trinajstić information content (AvgIpc) is 3.96. The van der Waals surface area contributed by atoms with Crippen LogP contribution in [-0.2, 0) is 5.41 Å². The van der Waals surface area contributed by atoms with Crippen molar-refractivity contribution in [2.24, 2.45) is 0 Å². The number of benzene rings is 10. The largest absolute Gasteiger partial charge is 0.456 e. The number of rotatable bonds is 5. The van der Waals surface area contributed by atoms with Crippen LogP contribution in [0, 0.1) is 0 Å². The molecule has 0 N–H and O–H groups in total. The highest BCUT2D eigenvalue weighted by Crippen LogP contribution is 2.64. The summed E-state index contributed by atoms with van der Waals surface area (Å²) >= 11 is 0. The van der Waals surface area contributed by atoms with Crippen LogP contribution in [-0.4, -0.2) is 0 Å². The van der Waals surface area contributed by atoms with E-state index < -0.39 is 5.41 Å². The van der Waals surface area contributed by atoms with Gasteiger partial charge in [-0.1, -0.05) is 182 Å². The summed E-state index contributed by atoms with van der Waals surface area (Å²) in [6, 6.07) is 82.1. The molecule has 2 nitrogen and oxygen atoms in total. The molecule has 0 bridgehead atoms. The molecular formula is C59H37NO. The number of furan rings is 1. The van der Waals surface area contributed by atoms with Gasteiger partial charge < -0.3 is 9.32 Å². The van der Waals surface area contributed by atoms with E-state index >= 15 is 0 Å². The molecule has 0 atom stereocenters. The van der Waals surface area contributed by atoms with Crippen molar-refractivity contribution in [3.8, 4) is 44.5 Å². The second-order valence-electron chi connectivity index (χ2n) is 16.3. The lowest BCUT2D eigenvalue weighted by atomic mass is 9.70. The maximum Gasteiger partial charge on any atom is 0.136 e. The van der Waals surface area contributed by atoms with Gasteiger partial charge in [0.05, 0.1) is 11.1 Å². The van der Waals surface area contributed by atoms with E-state index in [1.54, 1.807) is 0 Å². The Bertz CT molecular complexity index is 3480. The first-order chi connectivity index (χ1) is 30.3. The third-order valence-corrected chi connectivity index (χ3v) is 13.3. The van der Waals surface area contributed by atoms with Crippen LogP contribution in [0.4, 0.5) is 17.1 Å². The summed E-state index contributed by atoms with van der Waals surface area (Å²) in [5.74, 6) is 0. The molecule has 10 aromatic carbocycles. The van der Waals surface area contributed by atoms with Crippen molar-refractivity contribution < 1.29 is 4.42 Å². The number of fused-ring (bicyclic) bond motifs is 15. The first-order valence-electron chi connectivity index (χ1n) is 21.1. The minimum atomic E-state index is -0.446. The van der Waals surface area contributed by atoms with Crippen molar-refractivity contribution >= 4 is 49.8 Å². The van der Waals surface area contributed by atoms with E-state index in [2.05, 4.69) is 229 Å². The van der Waals surface area contributed by atoms with Crippen LogP contribution in [0.25, 0.3) is 77.2 Å². The summed E-state index contributed by atoms with van der Waals surface area (Å²) in [6.07, 6.45) is 0. The molecule has 2 aliphatic rings. The Morgan fingerprint density at radius 1 is 0.328 bits per heavy atom. The number of hydrogen-bond donors (Lipinski definition) is 0. The van der Waals surface area contributed by atoms with Gasteiger partial charge in [0.2, 0.25) is 0 Å². The normalized spacial score (nSPS) is 13.0. The van der Waals surface area contributed by atoms with Crippen LogP contribution in [0.3, 0.4) is 0 Å². The third-order valence-electron chi connectivity index (χ3n) is 13.3. The zero-order valence-corrected chi connectivity index (χ0v) is 33.2. The van der Waals surface area contributed by atoms with E-state index in [0.717, 1.165) is 39.0 Å². The van der Waals surface area contributed by atoms with Gasteiger partial charge in [-0.3, -0.25) is 0 Å². The fourth-order valence-electron chi connectivity index (χ4n) is 10.8. The Hall–Kier alpha value is -7.94. The molecule has 1 heterocycles. The van der Waals surface area contributed by atoms with E-state index in [-0.39, 0.29) is 0 Å². The molecule has 0 saturated heterocycles. The molecule has 13 rings (SSSR count). The van der Waals surface area contributed by atoms with Crippen LogP contribution in [0.1, 0.15) is 22.3 Å². The molecule has 0 unspecified atom stereocenters. The molecule has 1 spiro atoms. The quantitative estimate of drug-likeness (QED) is 0.173. The van der Waals surface area contributed by atoms with Gasteiger partial charge in [0.1, 0.15) is 11.2 Å². The van der Waals surface area contributed by atoms with Crippen LogP contribution >= 0.6 is 0 Å². The van der Waals surface area contributed by atoms with E-state index in [1.165, 1.54) is 77.5 Å². The summed E-state index contributed by atoms with van der Waals surface area (Å²) in [6.45, 7) is 0. The average molecular weight is 776 g/mol. The number of nitrogens with zero attached hydrogens (tertiary/aromatic N) is 1. The van der Waals surface area contributed by atoms with E-state index in [1.807, 2.05) is 0 Å². The summed E-state index contributed by atoms with van der Waals surface area (Å²) in [7, 11) is 0. The topological polar surface area (TPSA) is 16.4 Å². The molecule has 0 aliphatic heterocycles. The highest BCUT2D eigenvalue weighted by Gasteiger charge is 2.52. The van der Waals surface area contributed by atoms with Gasteiger partial charge in [-0.2, -0.15) is 0 Å². The maximum atomic E-state index is 6.77. The molecule has 11 aromatic rings. The van der Waals surface area contributed by atoms with Gasteiger partial charge >= 0.3 is 0 Å². The van der Waals surface area contributed by atoms with Gasteiger partial charge in [0.25, 0.3) is 0 Å². The second kappa shape index (κ2) is 13.0. The Balaban J connectivity index is 1.08. The van der Waals surface area contributed by atoms with Crippen LogP contribution in [0.15, 0.2) is 229 Å².